The normalized spacial score (nSPS) is 11.7. The molecule has 280 valence electrons. The van der Waals surface area contributed by atoms with Crippen LogP contribution in [0.4, 0.5) is 0 Å². The van der Waals surface area contributed by atoms with Crippen LogP contribution in [-0.2, 0) is 0 Å². The number of furan rings is 1. The first kappa shape index (κ1) is 33.9. The van der Waals surface area contributed by atoms with Crippen LogP contribution in [0.2, 0.25) is 0 Å². The minimum Gasteiger partial charge on any atom is -0.456 e. The van der Waals surface area contributed by atoms with Crippen molar-refractivity contribution in [3.05, 3.63) is 206 Å². The summed E-state index contributed by atoms with van der Waals surface area (Å²) in [6, 6.07) is 72.4. The zero-order valence-electron chi connectivity index (χ0n) is 32.3. The Morgan fingerprint density at radius 2 is 0.867 bits per heavy atom. The zero-order chi connectivity index (χ0) is 39.6. The molecule has 3 aromatic heterocycles. The molecule has 0 spiro atoms. The number of benzene rings is 9. The van der Waals surface area contributed by atoms with Crippen LogP contribution in [0.3, 0.4) is 0 Å². The Kier molecular flexibility index (Phi) is 7.78. The fourth-order valence-corrected chi connectivity index (χ4v) is 8.68. The first-order chi connectivity index (χ1) is 29.7. The molecule has 5 heteroatoms. The molecular weight excluding hydrogens is 733 g/mol. The molecule has 9 aromatic carbocycles. The zero-order valence-corrected chi connectivity index (χ0v) is 32.3. The molecule has 0 fully saturated rings. The van der Waals surface area contributed by atoms with Gasteiger partial charge in [-0.2, -0.15) is 0 Å². The van der Waals surface area contributed by atoms with E-state index in [2.05, 4.69) is 168 Å². The summed E-state index contributed by atoms with van der Waals surface area (Å²) in [6.07, 6.45) is 0. The van der Waals surface area contributed by atoms with Gasteiger partial charge in [0.2, 0.25) is 0 Å². The molecule has 0 saturated carbocycles. The minimum absolute atomic E-state index is 0.610. The van der Waals surface area contributed by atoms with E-state index in [1.165, 1.54) is 21.5 Å². The highest BCUT2D eigenvalue weighted by molar-refractivity contribution is 6.11. The van der Waals surface area contributed by atoms with Crippen LogP contribution in [0.25, 0.3) is 117 Å². The van der Waals surface area contributed by atoms with Crippen LogP contribution in [0.5, 0.6) is 0 Å². The Hall–Kier alpha value is -8.15. The molecule has 0 amide bonds. The summed E-state index contributed by atoms with van der Waals surface area (Å²) in [4.78, 5) is 15.4. The molecule has 0 atom stereocenters. The molecule has 0 saturated heterocycles. The quantitative estimate of drug-likeness (QED) is 0.169. The molecule has 3 heterocycles. The van der Waals surface area contributed by atoms with Gasteiger partial charge in [-0.3, -0.25) is 0 Å². The van der Waals surface area contributed by atoms with Crippen molar-refractivity contribution in [3.63, 3.8) is 0 Å². The van der Waals surface area contributed by atoms with Crippen LogP contribution in [0.15, 0.2) is 211 Å². The molecule has 0 bridgehead atoms. The van der Waals surface area contributed by atoms with E-state index >= 15 is 0 Å². The van der Waals surface area contributed by atoms with E-state index in [0.29, 0.717) is 17.5 Å². The lowest BCUT2D eigenvalue weighted by Crippen LogP contribution is -2.01. The first-order valence-electron chi connectivity index (χ1n) is 20.2. The highest BCUT2D eigenvalue weighted by Gasteiger charge is 2.17. The summed E-state index contributed by atoms with van der Waals surface area (Å²) >= 11 is 0. The SMILES string of the molecule is c1ccc(-c2nc(-c3cccc(-c4ccc5ccccc5c4)c3)nc(-c3cccc(-n4c5ccccc5c5ccc(-c6ccc7oc8ccccc8c7c6)cc54)c3)n2)cc1. The van der Waals surface area contributed by atoms with Gasteiger partial charge in [0, 0.05) is 43.9 Å². The summed E-state index contributed by atoms with van der Waals surface area (Å²) < 4.78 is 8.52. The van der Waals surface area contributed by atoms with E-state index in [9.17, 15) is 0 Å². The molecule has 0 radical (unpaired) electrons. The van der Waals surface area contributed by atoms with Crippen molar-refractivity contribution in [1.29, 1.82) is 0 Å². The summed E-state index contributed by atoms with van der Waals surface area (Å²) in [5, 5.41) is 7.05. The second-order valence-electron chi connectivity index (χ2n) is 15.3. The van der Waals surface area contributed by atoms with Gasteiger partial charge in [-0.15, -0.1) is 0 Å². The molecule has 0 aliphatic carbocycles. The second-order valence-corrected chi connectivity index (χ2v) is 15.3. The average Bonchev–Trinajstić information content (AvgIpc) is 3.87. The van der Waals surface area contributed by atoms with Gasteiger partial charge in [0.1, 0.15) is 11.2 Å². The summed E-state index contributed by atoms with van der Waals surface area (Å²) in [5.74, 6) is 1.86. The fourth-order valence-electron chi connectivity index (χ4n) is 8.68. The van der Waals surface area contributed by atoms with Crippen molar-refractivity contribution >= 4 is 54.5 Å². The van der Waals surface area contributed by atoms with Crippen molar-refractivity contribution in [3.8, 4) is 62.1 Å². The molecule has 12 aromatic rings. The predicted octanol–water partition coefficient (Wildman–Crippen LogP) is 14.4. The van der Waals surface area contributed by atoms with Crippen molar-refractivity contribution in [2.75, 3.05) is 0 Å². The van der Waals surface area contributed by atoms with Gasteiger partial charge >= 0.3 is 0 Å². The summed E-state index contributed by atoms with van der Waals surface area (Å²) in [5.41, 5.74) is 12.3. The van der Waals surface area contributed by atoms with Gasteiger partial charge < -0.3 is 8.98 Å². The maximum Gasteiger partial charge on any atom is 0.164 e. The maximum atomic E-state index is 6.16. The number of hydrogen-bond acceptors (Lipinski definition) is 4. The largest absolute Gasteiger partial charge is 0.456 e. The van der Waals surface area contributed by atoms with Crippen LogP contribution < -0.4 is 0 Å². The van der Waals surface area contributed by atoms with Crippen LogP contribution in [-0.4, -0.2) is 19.5 Å². The second kappa shape index (κ2) is 13.8. The Labute approximate surface area is 345 Å². The standard InChI is InChI=1S/C55H34N4O/c1-2-13-36(14-3-1)53-56-54(42-17-10-16-38(31-42)39-25-24-35-12-4-5-15-37(35)30-39)58-55(57-53)43-18-11-19-44(32-43)59-49-22-8-6-20-45(49)46-28-26-41(34-50(46)59)40-27-29-52-48(33-40)47-21-7-9-23-51(47)60-52/h1-34H. The molecule has 0 aliphatic heterocycles. The first-order valence-corrected chi connectivity index (χ1v) is 20.2. The number of rotatable bonds is 6. The van der Waals surface area contributed by atoms with E-state index in [4.69, 9.17) is 19.4 Å². The third kappa shape index (κ3) is 5.75. The van der Waals surface area contributed by atoms with Gasteiger partial charge in [-0.1, -0.05) is 152 Å². The molecule has 0 unspecified atom stereocenters. The van der Waals surface area contributed by atoms with E-state index < -0.39 is 0 Å². The van der Waals surface area contributed by atoms with E-state index in [1.807, 2.05) is 42.5 Å². The highest BCUT2D eigenvalue weighted by Crippen LogP contribution is 2.38. The van der Waals surface area contributed by atoms with Gasteiger partial charge in [-0.25, -0.2) is 15.0 Å². The number of nitrogens with zero attached hydrogens (tertiary/aromatic N) is 4. The Bertz CT molecular complexity index is 3620. The minimum atomic E-state index is 0.610. The molecule has 0 aliphatic rings. The number of aromatic nitrogens is 4. The van der Waals surface area contributed by atoms with Gasteiger partial charge in [0.15, 0.2) is 17.5 Å². The van der Waals surface area contributed by atoms with Crippen molar-refractivity contribution in [2.24, 2.45) is 0 Å². The van der Waals surface area contributed by atoms with Crippen molar-refractivity contribution in [2.45, 2.75) is 0 Å². The Morgan fingerprint density at radius 3 is 1.73 bits per heavy atom. The lowest BCUT2D eigenvalue weighted by molar-refractivity contribution is 0.669. The Morgan fingerprint density at radius 1 is 0.300 bits per heavy atom. The van der Waals surface area contributed by atoms with Crippen molar-refractivity contribution in [1.82, 2.24) is 19.5 Å². The summed E-state index contributed by atoms with van der Waals surface area (Å²) in [6.45, 7) is 0. The monoisotopic (exact) mass is 766 g/mol. The molecule has 5 nitrogen and oxygen atoms in total. The van der Waals surface area contributed by atoms with Crippen LogP contribution in [0, 0.1) is 0 Å². The third-order valence-corrected chi connectivity index (χ3v) is 11.6. The maximum absolute atomic E-state index is 6.16. The van der Waals surface area contributed by atoms with Crippen LogP contribution in [0.1, 0.15) is 0 Å². The number of hydrogen-bond donors (Lipinski definition) is 0. The third-order valence-electron chi connectivity index (χ3n) is 11.6. The lowest BCUT2D eigenvalue weighted by Gasteiger charge is -2.12. The van der Waals surface area contributed by atoms with Crippen molar-refractivity contribution < 1.29 is 4.42 Å². The molecule has 0 N–H and O–H groups in total. The molecule has 60 heavy (non-hydrogen) atoms. The summed E-state index contributed by atoms with van der Waals surface area (Å²) in [7, 11) is 0. The number of fused-ring (bicyclic) bond motifs is 7. The Balaban J connectivity index is 0.996. The number of para-hydroxylation sites is 2. The highest BCUT2D eigenvalue weighted by atomic mass is 16.3. The average molecular weight is 767 g/mol. The fraction of sp³-hybridized carbons (Fsp3) is 0. The van der Waals surface area contributed by atoms with Gasteiger partial charge in [0.05, 0.1) is 11.0 Å². The smallest absolute Gasteiger partial charge is 0.164 e. The molecule has 12 rings (SSSR count). The van der Waals surface area contributed by atoms with E-state index in [1.54, 1.807) is 0 Å². The van der Waals surface area contributed by atoms with Gasteiger partial charge in [0.25, 0.3) is 0 Å². The topological polar surface area (TPSA) is 56.7 Å². The van der Waals surface area contributed by atoms with E-state index in [0.717, 1.165) is 77.6 Å². The predicted molar refractivity (Wildman–Crippen MR) is 246 cm³/mol. The van der Waals surface area contributed by atoms with Gasteiger partial charge in [-0.05, 0) is 87.6 Å². The molecular formula is C55H34N4O. The lowest BCUT2D eigenvalue weighted by atomic mass is 9.99. The van der Waals surface area contributed by atoms with Crippen LogP contribution >= 0.6 is 0 Å². The van der Waals surface area contributed by atoms with E-state index in [-0.39, 0.29) is 0 Å².